The molecular weight excluding hydrogens is 266 g/mol. The van der Waals surface area contributed by atoms with E-state index in [9.17, 15) is 0 Å². The van der Waals surface area contributed by atoms with Gasteiger partial charge in [-0.15, -0.1) is 0 Å². The van der Waals surface area contributed by atoms with Crippen LogP contribution in [0.3, 0.4) is 0 Å². The normalized spacial score (nSPS) is 10.9. The number of halogens is 1. The predicted octanol–water partition coefficient (Wildman–Crippen LogP) is 3.66. The molecule has 1 aromatic carbocycles. The standard InChI is InChI=1S/C13H10ClN3O2/c1-7-11(8(2)18-16-7)13-15-12(17-19-13)9-3-5-10(14)6-4-9/h3-6H,1-2H3. The largest absolute Gasteiger partial charge is 0.361 e. The van der Waals surface area contributed by atoms with Gasteiger partial charge in [0.2, 0.25) is 5.82 Å². The molecule has 0 aliphatic heterocycles. The quantitative estimate of drug-likeness (QED) is 0.714. The van der Waals surface area contributed by atoms with Crippen molar-refractivity contribution in [3.8, 4) is 22.8 Å². The lowest BCUT2D eigenvalue weighted by atomic mass is 10.2. The average Bonchev–Trinajstić information content (AvgIpc) is 2.98. The monoisotopic (exact) mass is 275 g/mol. The van der Waals surface area contributed by atoms with Crippen LogP contribution in [0.4, 0.5) is 0 Å². The van der Waals surface area contributed by atoms with Gasteiger partial charge in [-0.3, -0.25) is 0 Å². The molecule has 0 saturated carbocycles. The lowest BCUT2D eigenvalue weighted by molar-refractivity contribution is 0.392. The first-order valence-corrected chi connectivity index (χ1v) is 6.06. The summed E-state index contributed by atoms with van der Waals surface area (Å²) in [6.45, 7) is 3.64. The number of nitrogens with zero attached hydrogens (tertiary/aromatic N) is 3. The maximum absolute atomic E-state index is 5.84. The molecule has 0 saturated heterocycles. The smallest absolute Gasteiger partial charge is 0.263 e. The molecule has 0 amide bonds. The Hall–Kier alpha value is -2.14. The van der Waals surface area contributed by atoms with Gasteiger partial charge in [0.05, 0.1) is 5.69 Å². The van der Waals surface area contributed by atoms with Crippen LogP contribution < -0.4 is 0 Å². The van der Waals surface area contributed by atoms with Gasteiger partial charge in [0.1, 0.15) is 11.3 Å². The highest BCUT2D eigenvalue weighted by atomic mass is 35.5. The van der Waals surface area contributed by atoms with Gasteiger partial charge in [-0.2, -0.15) is 4.98 Å². The van der Waals surface area contributed by atoms with E-state index >= 15 is 0 Å². The highest BCUT2D eigenvalue weighted by Gasteiger charge is 2.18. The van der Waals surface area contributed by atoms with Gasteiger partial charge in [-0.1, -0.05) is 21.9 Å². The van der Waals surface area contributed by atoms with Crippen molar-refractivity contribution in [3.63, 3.8) is 0 Å². The van der Waals surface area contributed by atoms with Crippen molar-refractivity contribution < 1.29 is 9.05 Å². The second-order valence-electron chi connectivity index (χ2n) is 4.13. The van der Waals surface area contributed by atoms with Crippen LogP contribution in [0.2, 0.25) is 5.02 Å². The molecule has 0 N–H and O–H groups in total. The van der Waals surface area contributed by atoms with E-state index in [1.165, 1.54) is 0 Å². The minimum absolute atomic E-state index is 0.404. The van der Waals surface area contributed by atoms with E-state index in [0.29, 0.717) is 22.5 Å². The van der Waals surface area contributed by atoms with Crippen LogP contribution in [-0.2, 0) is 0 Å². The minimum Gasteiger partial charge on any atom is -0.361 e. The van der Waals surface area contributed by atoms with Crippen molar-refractivity contribution in [2.45, 2.75) is 13.8 Å². The van der Waals surface area contributed by atoms with Crippen molar-refractivity contribution in [2.24, 2.45) is 0 Å². The van der Waals surface area contributed by atoms with E-state index in [0.717, 1.165) is 16.8 Å². The molecule has 2 heterocycles. The third-order valence-corrected chi connectivity index (χ3v) is 3.03. The van der Waals surface area contributed by atoms with Crippen LogP contribution in [-0.4, -0.2) is 15.3 Å². The number of hydrogen-bond acceptors (Lipinski definition) is 5. The molecule has 0 aliphatic rings. The average molecular weight is 276 g/mol. The Morgan fingerprint density at radius 1 is 1.00 bits per heavy atom. The van der Waals surface area contributed by atoms with Crippen molar-refractivity contribution in [3.05, 3.63) is 40.7 Å². The summed E-state index contributed by atoms with van der Waals surface area (Å²) in [6.07, 6.45) is 0. The Balaban J connectivity index is 2.02. The van der Waals surface area contributed by atoms with Crippen molar-refractivity contribution in [1.82, 2.24) is 15.3 Å². The Morgan fingerprint density at radius 2 is 1.74 bits per heavy atom. The molecule has 96 valence electrons. The van der Waals surface area contributed by atoms with Gasteiger partial charge in [0, 0.05) is 10.6 Å². The van der Waals surface area contributed by atoms with Crippen molar-refractivity contribution in [2.75, 3.05) is 0 Å². The number of hydrogen-bond donors (Lipinski definition) is 0. The van der Waals surface area contributed by atoms with E-state index in [4.69, 9.17) is 20.6 Å². The highest BCUT2D eigenvalue weighted by Crippen LogP contribution is 2.27. The van der Waals surface area contributed by atoms with Crippen LogP contribution in [0.25, 0.3) is 22.8 Å². The van der Waals surface area contributed by atoms with Crippen molar-refractivity contribution in [1.29, 1.82) is 0 Å². The van der Waals surface area contributed by atoms with Gasteiger partial charge in [-0.25, -0.2) is 0 Å². The SMILES string of the molecule is Cc1noc(C)c1-c1nc(-c2ccc(Cl)cc2)no1. The molecule has 0 spiro atoms. The number of aryl methyl sites for hydroxylation is 2. The van der Waals surface area contributed by atoms with Crippen LogP contribution in [0.1, 0.15) is 11.5 Å². The molecular formula is C13H10ClN3O2. The van der Waals surface area contributed by atoms with Gasteiger partial charge in [0.25, 0.3) is 5.89 Å². The van der Waals surface area contributed by atoms with E-state index in [1.54, 1.807) is 12.1 Å². The zero-order valence-corrected chi connectivity index (χ0v) is 11.1. The maximum Gasteiger partial charge on any atom is 0.263 e. The molecule has 3 aromatic rings. The lowest BCUT2D eigenvalue weighted by Crippen LogP contribution is -1.83. The second kappa shape index (κ2) is 4.51. The van der Waals surface area contributed by atoms with Gasteiger partial charge in [-0.05, 0) is 38.1 Å². The Labute approximate surface area is 114 Å². The molecule has 0 radical (unpaired) electrons. The molecule has 0 unspecified atom stereocenters. The van der Waals surface area contributed by atoms with Crippen LogP contribution in [0, 0.1) is 13.8 Å². The molecule has 19 heavy (non-hydrogen) atoms. The van der Waals surface area contributed by atoms with E-state index in [2.05, 4.69) is 15.3 Å². The molecule has 5 nitrogen and oxygen atoms in total. The first-order chi connectivity index (χ1) is 9.15. The summed E-state index contributed by atoms with van der Waals surface area (Å²) >= 11 is 5.84. The summed E-state index contributed by atoms with van der Waals surface area (Å²) in [5.41, 5.74) is 2.31. The third kappa shape index (κ3) is 2.13. The Bertz CT molecular complexity index is 696. The first kappa shape index (κ1) is 11.9. The van der Waals surface area contributed by atoms with Crippen LogP contribution in [0.15, 0.2) is 33.3 Å². The van der Waals surface area contributed by atoms with E-state index in [1.807, 2.05) is 26.0 Å². The molecule has 3 rings (SSSR count). The zero-order valence-electron chi connectivity index (χ0n) is 10.3. The molecule has 2 aromatic heterocycles. The van der Waals surface area contributed by atoms with Gasteiger partial charge in [0.15, 0.2) is 0 Å². The predicted molar refractivity (Wildman–Crippen MR) is 69.7 cm³/mol. The molecule has 0 fully saturated rings. The summed E-state index contributed by atoms with van der Waals surface area (Å²) in [7, 11) is 0. The topological polar surface area (TPSA) is 65.0 Å². The summed E-state index contributed by atoms with van der Waals surface area (Å²) in [5.74, 6) is 1.57. The number of rotatable bonds is 2. The van der Waals surface area contributed by atoms with Crippen molar-refractivity contribution >= 4 is 11.6 Å². The fourth-order valence-corrected chi connectivity index (χ4v) is 1.96. The summed E-state index contributed by atoms with van der Waals surface area (Å²) < 4.78 is 10.3. The molecule has 0 aliphatic carbocycles. The van der Waals surface area contributed by atoms with Gasteiger partial charge < -0.3 is 9.05 Å². The summed E-state index contributed by atoms with van der Waals surface area (Å²) in [6, 6.07) is 7.24. The molecule has 6 heteroatoms. The third-order valence-electron chi connectivity index (χ3n) is 2.78. The first-order valence-electron chi connectivity index (χ1n) is 5.68. The number of benzene rings is 1. The van der Waals surface area contributed by atoms with Crippen LogP contribution in [0.5, 0.6) is 0 Å². The summed E-state index contributed by atoms with van der Waals surface area (Å²) in [5, 5.41) is 8.49. The fourth-order valence-electron chi connectivity index (χ4n) is 1.83. The summed E-state index contributed by atoms with van der Waals surface area (Å²) in [4.78, 5) is 4.35. The minimum atomic E-state index is 0.404. The maximum atomic E-state index is 5.84. The highest BCUT2D eigenvalue weighted by molar-refractivity contribution is 6.30. The van der Waals surface area contributed by atoms with Gasteiger partial charge >= 0.3 is 0 Å². The van der Waals surface area contributed by atoms with E-state index in [-0.39, 0.29) is 0 Å². The fraction of sp³-hybridized carbons (Fsp3) is 0.154. The van der Waals surface area contributed by atoms with E-state index < -0.39 is 0 Å². The number of aromatic nitrogens is 3. The molecule has 0 atom stereocenters. The molecule has 0 bridgehead atoms. The Kier molecular flexibility index (Phi) is 2.83. The Morgan fingerprint density at radius 3 is 2.37 bits per heavy atom. The van der Waals surface area contributed by atoms with Crippen LogP contribution >= 0.6 is 11.6 Å². The zero-order chi connectivity index (χ0) is 13.4. The second-order valence-corrected chi connectivity index (χ2v) is 4.57. The lowest BCUT2D eigenvalue weighted by Gasteiger charge is -1.93.